The van der Waals surface area contributed by atoms with Crippen molar-refractivity contribution in [1.82, 2.24) is 5.32 Å². The highest BCUT2D eigenvalue weighted by Gasteiger charge is 2.50. The van der Waals surface area contributed by atoms with Gasteiger partial charge >= 0.3 is 5.97 Å². The van der Waals surface area contributed by atoms with Crippen molar-refractivity contribution < 1.29 is 24.0 Å². The predicted octanol–water partition coefficient (Wildman–Crippen LogP) is 5.06. The van der Waals surface area contributed by atoms with Gasteiger partial charge in [0.1, 0.15) is 12.4 Å². The quantitative estimate of drug-likeness (QED) is 0.108. The summed E-state index contributed by atoms with van der Waals surface area (Å²) in [5.74, 6) is 0.558. The average Bonchev–Trinajstić information content (AvgIpc) is 2.83. The fraction of sp³-hybridized carbons (Fsp3) is 0.577. The number of hydrogen-bond donors (Lipinski definition) is 1. The number of carbonyl (C=O) groups excluding carboxylic acids is 1. The zero-order valence-electron chi connectivity index (χ0n) is 19.1. The van der Waals surface area contributed by atoms with Crippen LogP contribution < -0.4 is 10.1 Å². The first-order valence-electron chi connectivity index (χ1n) is 11.8. The van der Waals surface area contributed by atoms with E-state index in [4.69, 9.17) is 19.2 Å². The third-order valence-electron chi connectivity index (χ3n) is 6.59. The van der Waals surface area contributed by atoms with Gasteiger partial charge in [-0.25, -0.2) is 14.6 Å². The molecule has 0 radical (unpaired) electrons. The molecule has 1 saturated heterocycles. The van der Waals surface area contributed by atoms with Gasteiger partial charge in [0.15, 0.2) is 0 Å². The molecule has 3 atom stereocenters. The lowest BCUT2D eigenvalue weighted by Crippen LogP contribution is -2.55. The summed E-state index contributed by atoms with van der Waals surface area (Å²) in [6.45, 7) is 9.59. The van der Waals surface area contributed by atoms with Crippen LogP contribution in [-0.2, 0) is 19.3 Å². The van der Waals surface area contributed by atoms with Gasteiger partial charge in [-0.1, -0.05) is 24.8 Å². The number of carbonyl (C=O) groups is 1. The molecule has 1 heterocycles. The van der Waals surface area contributed by atoms with E-state index >= 15 is 0 Å². The van der Waals surface area contributed by atoms with Crippen molar-refractivity contribution in [3.63, 3.8) is 0 Å². The van der Waals surface area contributed by atoms with Crippen molar-refractivity contribution in [2.45, 2.75) is 63.5 Å². The molecular formula is C26H37NO5. The van der Waals surface area contributed by atoms with Gasteiger partial charge in [0.2, 0.25) is 0 Å². The van der Waals surface area contributed by atoms with Crippen LogP contribution in [-0.4, -0.2) is 38.4 Å². The lowest BCUT2D eigenvalue weighted by Gasteiger charge is -2.52. The van der Waals surface area contributed by atoms with Crippen LogP contribution in [0.1, 0.15) is 63.0 Å². The Labute approximate surface area is 191 Å². The highest BCUT2D eigenvalue weighted by atomic mass is 17.2. The molecule has 1 saturated carbocycles. The van der Waals surface area contributed by atoms with Gasteiger partial charge in [0.25, 0.3) is 0 Å². The Morgan fingerprint density at radius 2 is 1.81 bits per heavy atom. The first-order chi connectivity index (χ1) is 15.7. The van der Waals surface area contributed by atoms with Crippen LogP contribution >= 0.6 is 0 Å². The molecular weight excluding hydrogens is 406 g/mol. The molecule has 3 unspecified atom stereocenters. The molecule has 2 fully saturated rings. The van der Waals surface area contributed by atoms with E-state index in [2.05, 4.69) is 42.7 Å². The second-order valence-corrected chi connectivity index (χ2v) is 8.73. The lowest BCUT2D eigenvalue weighted by molar-refractivity contribution is -0.360. The van der Waals surface area contributed by atoms with Crippen molar-refractivity contribution in [3.05, 3.63) is 55.1 Å². The topological polar surface area (TPSA) is 66.0 Å². The number of nitrogens with one attached hydrogen (secondary N) is 1. The van der Waals surface area contributed by atoms with Gasteiger partial charge in [-0.3, -0.25) is 0 Å². The maximum absolute atomic E-state index is 11.0. The van der Waals surface area contributed by atoms with Crippen LogP contribution in [0.5, 0.6) is 5.75 Å². The fourth-order valence-electron chi connectivity index (χ4n) is 4.49. The molecule has 32 heavy (non-hydrogen) atoms. The molecule has 1 aliphatic carbocycles. The summed E-state index contributed by atoms with van der Waals surface area (Å²) >= 11 is 0. The molecule has 1 aromatic rings. The number of rotatable bonds is 14. The van der Waals surface area contributed by atoms with Crippen LogP contribution in [0.2, 0.25) is 0 Å². The minimum Gasteiger partial charge on any atom is -0.494 e. The number of benzene rings is 1. The molecule has 0 aromatic heterocycles. The van der Waals surface area contributed by atoms with Crippen molar-refractivity contribution in [2.24, 2.45) is 5.41 Å². The van der Waals surface area contributed by atoms with E-state index in [1.165, 1.54) is 18.1 Å². The van der Waals surface area contributed by atoms with E-state index in [0.29, 0.717) is 25.9 Å². The molecule has 176 valence electrons. The number of ether oxygens (including phenoxy) is 2. The van der Waals surface area contributed by atoms with Gasteiger partial charge in [0.05, 0.1) is 19.3 Å². The SMILES string of the molecule is C=CCOOC1CCC12CCC(c1ccc(OCCCCCCOC(=O)C=C)cc1)NC2. The minimum absolute atomic E-state index is 0.189. The van der Waals surface area contributed by atoms with E-state index in [9.17, 15) is 4.79 Å². The molecule has 0 bridgehead atoms. The largest absolute Gasteiger partial charge is 0.494 e. The summed E-state index contributed by atoms with van der Waals surface area (Å²) in [5, 5.41) is 3.72. The highest BCUT2D eigenvalue weighted by molar-refractivity contribution is 5.81. The third kappa shape index (κ3) is 6.92. The van der Waals surface area contributed by atoms with E-state index in [1.807, 2.05) is 0 Å². The molecule has 1 N–H and O–H groups in total. The second kappa shape index (κ2) is 12.8. The number of hydrogen-bond acceptors (Lipinski definition) is 6. The fourth-order valence-corrected chi connectivity index (χ4v) is 4.49. The molecule has 1 aliphatic heterocycles. The minimum atomic E-state index is -0.352. The summed E-state index contributed by atoms with van der Waals surface area (Å²) < 4.78 is 10.8. The zero-order valence-corrected chi connectivity index (χ0v) is 19.1. The average molecular weight is 444 g/mol. The van der Waals surface area contributed by atoms with Crippen LogP contribution in [0.25, 0.3) is 0 Å². The Morgan fingerprint density at radius 3 is 2.44 bits per heavy atom. The standard InChI is InChI=1S/C26H37NO5/c1-3-17-31-32-24-14-16-26(24)15-13-23(27-20-26)21-9-11-22(12-10-21)29-18-7-5-6-8-19-30-25(28)4-2/h3-4,9-12,23-24,27H,1-2,5-8,13-20H2. The Balaban J connectivity index is 1.30. The van der Waals surface area contributed by atoms with E-state index in [-0.39, 0.29) is 17.5 Å². The van der Waals surface area contributed by atoms with Crippen molar-refractivity contribution in [2.75, 3.05) is 26.4 Å². The maximum atomic E-state index is 11.0. The van der Waals surface area contributed by atoms with E-state index in [1.54, 1.807) is 6.08 Å². The normalized spacial score (nSPS) is 24.5. The number of esters is 1. The van der Waals surface area contributed by atoms with Gasteiger partial charge < -0.3 is 14.8 Å². The maximum Gasteiger partial charge on any atom is 0.330 e. The third-order valence-corrected chi connectivity index (χ3v) is 6.59. The van der Waals surface area contributed by atoms with Crippen LogP contribution in [0.3, 0.4) is 0 Å². The van der Waals surface area contributed by atoms with Crippen LogP contribution in [0.15, 0.2) is 49.6 Å². The van der Waals surface area contributed by atoms with Crippen molar-refractivity contribution in [1.29, 1.82) is 0 Å². The molecule has 3 rings (SSSR count). The van der Waals surface area contributed by atoms with Gasteiger partial charge in [-0.05, 0) is 69.1 Å². The summed E-state index contributed by atoms with van der Waals surface area (Å²) in [7, 11) is 0. The molecule has 6 nitrogen and oxygen atoms in total. The Kier molecular flexibility index (Phi) is 9.78. The van der Waals surface area contributed by atoms with E-state index in [0.717, 1.165) is 57.2 Å². The monoisotopic (exact) mass is 443 g/mol. The molecule has 1 spiro atoms. The molecule has 2 aliphatic rings. The van der Waals surface area contributed by atoms with Gasteiger partial charge in [-0.2, -0.15) is 0 Å². The smallest absolute Gasteiger partial charge is 0.330 e. The molecule has 1 aromatic carbocycles. The van der Waals surface area contributed by atoms with Crippen molar-refractivity contribution in [3.8, 4) is 5.75 Å². The Hall–Kier alpha value is -2.15. The van der Waals surface area contributed by atoms with E-state index < -0.39 is 0 Å². The van der Waals surface area contributed by atoms with Crippen LogP contribution in [0.4, 0.5) is 0 Å². The first-order valence-corrected chi connectivity index (χ1v) is 11.8. The first kappa shape index (κ1) is 24.5. The van der Waals surface area contributed by atoms with Gasteiger partial charge in [-0.15, -0.1) is 6.58 Å². The molecule has 0 amide bonds. The highest BCUT2D eigenvalue weighted by Crippen LogP contribution is 2.50. The second-order valence-electron chi connectivity index (χ2n) is 8.73. The summed E-state index contributed by atoms with van der Waals surface area (Å²) in [6.07, 6.45) is 11.5. The number of unbranched alkanes of at least 4 members (excludes halogenated alkanes) is 3. The number of piperidine rings is 1. The summed E-state index contributed by atoms with van der Waals surface area (Å²) in [5.41, 5.74) is 1.52. The summed E-state index contributed by atoms with van der Waals surface area (Å²) in [4.78, 5) is 21.8. The van der Waals surface area contributed by atoms with Crippen molar-refractivity contribution >= 4 is 5.97 Å². The van der Waals surface area contributed by atoms with Gasteiger partial charge in [0, 0.05) is 24.1 Å². The molecule has 6 heteroatoms. The van der Waals surface area contributed by atoms with Crippen LogP contribution in [0, 0.1) is 5.41 Å². The lowest BCUT2D eigenvalue weighted by atomic mass is 9.61. The Bertz CT molecular complexity index is 724. The summed E-state index contributed by atoms with van der Waals surface area (Å²) in [6, 6.07) is 8.84. The Morgan fingerprint density at radius 1 is 1.06 bits per heavy atom. The zero-order chi connectivity index (χ0) is 22.7. The predicted molar refractivity (Wildman–Crippen MR) is 124 cm³/mol.